The molecule has 1 N–H and O–H groups in total. The zero-order chi connectivity index (χ0) is 17.6. The molecular formula is C20H26N2O3. The second-order valence-electron chi connectivity index (χ2n) is 7.04. The minimum Gasteiger partial charge on any atom is -0.550 e. The molecule has 5 heteroatoms. The third-order valence-electron chi connectivity index (χ3n) is 5.44. The summed E-state index contributed by atoms with van der Waals surface area (Å²) < 4.78 is 0. The van der Waals surface area contributed by atoms with Crippen molar-refractivity contribution in [3.8, 4) is 0 Å². The Hall–Kier alpha value is -2.14. The summed E-state index contributed by atoms with van der Waals surface area (Å²) in [6, 6.07) is 10.5. The summed E-state index contributed by atoms with van der Waals surface area (Å²) in [7, 11) is 0. The van der Waals surface area contributed by atoms with Gasteiger partial charge in [0.1, 0.15) is 0 Å². The number of piperazine rings is 1. The number of aliphatic carboxylic acids is 1. The lowest BCUT2D eigenvalue weighted by Gasteiger charge is -2.37. The van der Waals surface area contributed by atoms with Gasteiger partial charge >= 0.3 is 0 Å². The molecule has 1 aromatic carbocycles. The molecule has 25 heavy (non-hydrogen) atoms. The van der Waals surface area contributed by atoms with E-state index in [1.807, 2.05) is 23.1 Å². The predicted octanol–water partition coefficient (Wildman–Crippen LogP) is -0.711. The summed E-state index contributed by atoms with van der Waals surface area (Å²) in [6.45, 7) is 4.35. The number of nitrogens with one attached hydrogen (secondary N) is 1. The number of carboxylic acid groups (broad SMARTS) is 1. The Balaban J connectivity index is 1.49. The molecule has 0 aromatic heterocycles. The molecule has 1 heterocycles. The molecule has 1 aliphatic carbocycles. The molecule has 0 unspecified atom stereocenters. The van der Waals surface area contributed by atoms with Gasteiger partial charge in [0.15, 0.2) is 0 Å². The van der Waals surface area contributed by atoms with E-state index in [2.05, 4.69) is 24.3 Å². The molecule has 2 aliphatic rings. The molecule has 5 nitrogen and oxygen atoms in total. The van der Waals surface area contributed by atoms with E-state index in [0.717, 1.165) is 26.1 Å². The van der Waals surface area contributed by atoms with Crippen LogP contribution in [0, 0.1) is 11.8 Å². The lowest BCUT2D eigenvalue weighted by molar-refractivity contribution is -0.903. The van der Waals surface area contributed by atoms with Crippen LogP contribution in [0.4, 0.5) is 0 Å². The maximum atomic E-state index is 12.7. The van der Waals surface area contributed by atoms with Crippen molar-refractivity contribution in [3.05, 3.63) is 48.0 Å². The minimum atomic E-state index is -1.10. The molecule has 3 rings (SSSR count). The van der Waals surface area contributed by atoms with E-state index < -0.39 is 17.8 Å². The number of carbonyl (C=O) groups excluding carboxylic acids is 2. The highest BCUT2D eigenvalue weighted by Gasteiger charge is 2.34. The number of carbonyl (C=O) groups is 2. The van der Waals surface area contributed by atoms with Crippen molar-refractivity contribution in [2.24, 2.45) is 11.8 Å². The van der Waals surface area contributed by atoms with Gasteiger partial charge < -0.3 is 19.7 Å². The van der Waals surface area contributed by atoms with Crippen molar-refractivity contribution < 1.29 is 19.6 Å². The van der Waals surface area contributed by atoms with Gasteiger partial charge in [-0.1, -0.05) is 42.5 Å². The van der Waals surface area contributed by atoms with Crippen molar-refractivity contribution >= 4 is 11.9 Å². The third-order valence-corrected chi connectivity index (χ3v) is 5.44. The van der Waals surface area contributed by atoms with Crippen LogP contribution in [0.2, 0.25) is 0 Å². The lowest BCUT2D eigenvalue weighted by Crippen LogP contribution is -3.15. The summed E-state index contributed by atoms with van der Waals surface area (Å²) in [5.41, 5.74) is 1.35. The summed E-state index contributed by atoms with van der Waals surface area (Å²) in [6.07, 6.45) is 5.73. The molecule has 1 fully saturated rings. The summed E-state index contributed by atoms with van der Waals surface area (Å²) >= 11 is 0. The molecular weight excluding hydrogens is 316 g/mol. The topological polar surface area (TPSA) is 64.9 Å². The van der Waals surface area contributed by atoms with Gasteiger partial charge in [0.25, 0.3) is 0 Å². The fraction of sp³-hybridized carbons (Fsp3) is 0.500. The summed E-state index contributed by atoms with van der Waals surface area (Å²) in [5.74, 6) is -2.25. The first-order valence-electron chi connectivity index (χ1n) is 9.17. The number of amides is 1. The summed E-state index contributed by atoms with van der Waals surface area (Å²) in [4.78, 5) is 27.4. The van der Waals surface area contributed by atoms with Crippen molar-refractivity contribution in [1.29, 1.82) is 0 Å². The van der Waals surface area contributed by atoms with Gasteiger partial charge in [-0.15, -0.1) is 0 Å². The largest absolute Gasteiger partial charge is 0.550 e. The van der Waals surface area contributed by atoms with E-state index in [0.29, 0.717) is 25.9 Å². The van der Waals surface area contributed by atoms with Crippen molar-refractivity contribution in [1.82, 2.24) is 4.90 Å². The van der Waals surface area contributed by atoms with E-state index in [1.165, 1.54) is 10.5 Å². The van der Waals surface area contributed by atoms with Crippen molar-refractivity contribution in [2.75, 3.05) is 32.7 Å². The van der Waals surface area contributed by atoms with Crippen LogP contribution in [0.1, 0.15) is 18.4 Å². The smallest absolute Gasteiger partial charge is 0.227 e. The number of nitrogens with zero attached hydrogens (tertiary/aromatic N) is 1. The van der Waals surface area contributed by atoms with Gasteiger partial charge in [-0.25, -0.2) is 0 Å². The Morgan fingerprint density at radius 2 is 1.68 bits per heavy atom. The van der Waals surface area contributed by atoms with Crippen LogP contribution in [0.25, 0.3) is 0 Å². The van der Waals surface area contributed by atoms with Gasteiger partial charge in [-0.3, -0.25) is 4.79 Å². The molecule has 0 saturated carbocycles. The maximum Gasteiger partial charge on any atom is 0.227 e. The molecule has 1 saturated heterocycles. The average molecular weight is 342 g/mol. The normalized spacial score (nSPS) is 24.2. The van der Waals surface area contributed by atoms with Crippen molar-refractivity contribution in [3.63, 3.8) is 0 Å². The van der Waals surface area contributed by atoms with Crippen LogP contribution < -0.4 is 10.0 Å². The Kier molecular flexibility index (Phi) is 5.87. The highest BCUT2D eigenvalue weighted by molar-refractivity contribution is 5.84. The van der Waals surface area contributed by atoms with Crippen LogP contribution >= 0.6 is 0 Å². The van der Waals surface area contributed by atoms with Crippen LogP contribution in [-0.4, -0.2) is 49.5 Å². The quantitative estimate of drug-likeness (QED) is 0.719. The Morgan fingerprint density at radius 3 is 2.32 bits per heavy atom. The Bertz CT molecular complexity index is 621. The Labute approximate surface area is 148 Å². The SMILES string of the molecule is O=C([O-])[C@@H]1CC=CC[C@H]1C(=O)N1CC[NH+](CCc2ccccc2)CC1. The van der Waals surface area contributed by atoms with Crippen LogP contribution in [0.5, 0.6) is 0 Å². The predicted molar refractivity (Wildman–Crippen MR) is 92.7 cm³/mol. The number of benzene rings is 1. The van der Waals surface area contributed by atoms with Crippen LogP contribution in [0.3, 0.4) is 0 Å². The van der Waals surface area contributed by atoms with E-state index in [9.17, 15) is 14.7 Å². The zero-order valence-corrected chi connectivity index (χ0v) is 14.5. The molecule has 0 spiro atoms. The number of rotatable bonds is 5. The van der Waals surface area contributed by atoms with Gasteiger partial charge in [-0.05, 0) is 18.4 Å². The monoisotopic (exact) mass is 342 g/mol. The van der Waals surface area contributed by atoms with E-state index >= 15 is 0 Å². The lowest BCUT2D eigenvalue weighted by atomic mass is 9.82. The van der Waals surface area contributed by atoms with Crippen molar-refractivity contribution in [2.45, 2.75) is 19.3 Å². The second kappa shape index (κ2) is 8.30. The number of quaternary nitrogens is 1. The Morgan fingerprint density at radius 1 is 1.04 bits per heavy atom. The molecule has 134 valence electrons. The maximum absolute atomic E-state index is 12.7. The standard InChI is InChI=1S/C20H26N2O3/c23-19(17-8-4-5-9-18(17)20(24)25)22-14-12-21(13-15-22)11-10-16-6-2-1-3-7-16/h1-7,17-18H,8-15H2,(H,24,25)/t17-,18-/m1/s1. The molecule has 1 aliphatic heterocycles. The third kappa shape index (κ3) is 4.48. The van der Waals surface area contributed by atoms with Crippen LogP contribution in [0.15, 0.2) is 42.5 Å². The zero-order valence-electron chi connectivity index (χ0n) is 14.5. The minimum absolute atomic E-state index is 0.0133. The highest BCUT2D eigenvalue weighted by atomic mass is 16.4. The van der Waals surface area contributed by atoms with Gasteiger partial charge in [0, 0.05) is 24.2 Å². The molecule has 0 radical (unpaired) electrons. The van der Waals surface area contributed by atoms with Gasteiger partial charge in [0.05, 0.1) is 32.7 Å². The van der Waals surface area contributed by atoms with E-state index in [4.69, 9.17) is 0 Å². The molecule has 2 atom stereocenters. The fourth-order valence-corrected chi connectivity index (χ4v) is 3.84. The number of hydrogen-bond acceptors (Lipinski definition) is 3. The number of carboxylic acids is 1. The number of hydrogen-bond donors (Lipinski definition) is 1. The highest BCUT2D eigenvalue weighted by Crippen LogP contribution is 2.27. The number of allylic oxidation sites excluding steroid dienone is 2. The first kappa shape index (κ1) is 17.7. The second-order valence-corrected chi connectivity index (χ2v) is 7.04. The van der Waals surface area contributed by atoms with Gasteiger partial charge in [0.2, 0.25) is 5.91 Å². The van der Waals surface area contributed by atoms with E-state index in [1.54, 1.807) is 0 Å². The summed E-state index contributed by atoms with van der Waals surface area (Å²) in [5, 5.41) is 11.3. The molecule has 0 bridgehead atoms. The average Bonchev–Trinajstić information content (AvgIpc) is 2.67. The molecule has 1 amide bonds. The van der Waals surface area contributed by atoms with Crippen LogP contribution in [-0.2, 0) is 16.0 Å². The first-order valence-corrected chi connectivity index (χ1v) is 9.17. The first-order chi connectivity index (χ1) is 12.1. The molecule has 1 aromatic rings. The fourth-order valence-electron chi connectivity index (χ4n) is 3.84. The van der Waals surface area contributed by atoms with E-state index in [-0.39, 0.29) is 5.91 Å². The van der Waals surface area contributed by atoms with Gasteiger partial charge in [-0.2, -0.15) is 0 Å².